The van der Waals surface area contributed by atoms with Gasteiger partial charge < -0.3 is 14.7 Å². The molecule has 1 saturated heterocycles. The van der Waals surface area contributed by atoms with Crippen molar-refractivity contribution in [3.63, 3.8) is 0 Å². The van der Waals surface area contributed by atoms with E-state index >= 15 is 0 Å². The largest absolute Gasteiger partial charge is 0.389 e. The summed E-state index contributed by atoms with van der Waals surface area (Å²) in [5.41, 5.74) is 4.34. The number of benzene rings is 2. The van der Waals surface area contributed by atoms with Gasteiger partial charge in [-0.3, -0.25) is 4.90 Å². The minimum Gasteiger partial charge on any atom is -0.389 e. The Morgan fingerprint density at radius 3 is 2.31 bits per heavy atom. The van der Waals surface area contributed by atoms with Crippen molar-refractivity contribution in [3.05, 3.63) is 76.4 Å². The predicted molar refractivity (Wildman–Crippen MR) is 142 cm³/mol. The van der Waals surface area contributed by atoms with Crippen molar-refractivity contribution in [1.82, 2.24) is 14.9 Å². The zero-order valence-corrected chi connectivity index (χ0v) is 21.6. The van der Waals surface area contributed by atoms with Gasteiger partial charge in [-0.2, -0.15) is 0 Å². The normalized spacial score (nSPS) is 15.5. The van der Waals surface area contributed by atoms with Gasteiger partial charge in [-0.05, 0) is 38.5 Å². The summed E-state index contributed by atoms with van der Waals surface area (Å²) in [5.74, 6) is 1.75. The van der Waals surface area contributed by atoms with Gasteiger partial charge in [0.1, 0.15) is 5.82 Å². The third-order valence-electron chi connectivity index (χ3n) is 6.28. The average molecular weight is 495 g/mol. The molecule has 6 nitrogen and oxygen atoms in total. The van der Waals surface area contributed by atoms with E-state index in [0.29, 0.717) is 13.2 Å². The molecule has 35 heavy (non-hydrogen) atoms. The number of hydrogen-bond acceptors (Lipinski definition) is 6. The number of nitrogens with zero attached hydrogens (tertiary/aromatic N) is 4. The number of rotatable bonds is 9. The zero-order chi connectivity index (χ0) is 24.8. The van der Waals surface area contributed by atoms with Crippen LogP contribution < -0.4 is 4.90 Å². The summed E-state index contributed by atoms with van der Waals surface area (Å²) in [4.78, 5) is 14.6. The number of anilines is 1. The summed E-state index contributed by atoms with van der Waals surface area (Å²) in [6, 6.07) is 18.1. The van der Waals surface area contributed by atoms with Crippen molar-refractivity contribution in [2.75, 3.05) is 44.2 Å². The molecule has 3 aromatic rings. The maximum absolute atomic E-state index is 10.3. The van der Waals surface area contributed by atoms with Crippen LogP contribution in [-0.4, -0.2) is 71.5 Å². The molecule has 1 aliphatic rings. The van der Waals surface area contributed by atoms with Crippen LogP contribution in [0.25, 0.3) is 11.4 Å². The molecule has 1 N–H and O–H groups in total. The number of ether oxygens (including phenoxy) is 1. The smallest absolute Gasteiger partial charge is 0.161 e. The molecule has 2 heterocycles. The van der Waals surface area contributed by atoms with E-state index in [1.807, 2.05) is 44.2 Å². The van der Waals surface area contributed by atoms with Gasteiger partial charge in [-0.15, -0.1) is 0 Å². The van der Waals surface area contributed by atoms with Gasteiger partial charge in [0.2, 0.25) is 0 Å². The van der Waals surface area contributed by atoms with Gasteiger partial charge in [0.15, 0.2) is 5.82 Å². The number of aromatic nitrogens is 2. The molecular weight excluding hydrogens is 460 g/mol. The van der Waals surface area contributed by atoms with Crippen molar-refractivity contribution >= 4 is 17.4 Å². The van der Waals surface area contributed by atoms with E-state index in [0.717, 1.165) is 66.1 Å². The van der Waals surface area contributed by atoms with Crippen LogP contribution in [0.3, 0.4) is 0 Å². The summed E-state index contributed by atoms with van der Waals surface area (Å²) in [6.07, 6.45) is 0.398. The molecule has 0 aliphatic carbocycles. The summed E-state index contributed by atoms with van der Waals surface area (Å²) in [7, 11) is 0. The van der Waals surface area contributed by atoms with Crippen LogP contribution >= 0.6 is 11.6 Å². The molecular formula is C28H35ClN4O2. The SMILES string of the molecule is Cc1nc(-c2ccccc2)nc(N2CCN(C[C@@H](O)COC(C)C)CC2)c1Cc1ccc(Cl)cc1. The molecule has 4 rings (SSSR count). The number of hydrogen-bond donors (Lipinski definition) is 1. The Balaban J connectivity index is 1.55. The third-order valence-corrected chi connectivity index (χ3v) is 6.53. The highest BCUT2D eigenvalue weighted by Crippen LogP contribution is 2.28. The maximum atomic E-state index is 10.3. The topological polar surface area (TPSA) is 61.7 Å². The van der Waals surface area contributed by atoms with Crippen molar-refractivity contribution in [2.45, 2.75) is 39.4 Å². The van der Waals surface area contributed by atoms with Crippen LogP contribution in [0, 0.1) is 6.92 Å². The lowest BCUT2D eigenvalue weighted by Crippen LogP contribution is -2.49. The van der Waals surface area contributed by atoms with E-state index in [-0.39, 0.29) is 6.10 Å². The fourth-order valence-electron chi connectivity index (χ4n) is 4.37. The quantitative estimate of drug-likeness (QED) is 0.469. The van der Waals surface area contributed by atoms with E-state index < -0.39 is 6.10 Å². The molecule has 0 radical (unpaired) electrons. The third kappa shape index (κ3) is 7.01. The molecule has 1 aliphatic heterocycles. The molecule has 1 fully saturated rings. The lowest BCUT2D eigenvalue weighted by Gasteiger charge is -2.37. The molecule has 1 aromatic heterocycles. The summed E-state index contributed by atoms with van der Waals surface area (Å²) < 4.78 is 5.57. The Bertz CT molecular complexity index is 1080. The second-order valence-corrected chi connectivity index (χ2v) is 9.86. The van der Waals surface area contributed by atoms with Crippen molar-refractivity contribution in [1.29, 1.82) is 0 Å². The van der Waals surface area contributed by atoms with Gasteiger partial charge in [-0.25, -0.2) is 9.97 Å². The van der Waals surface area contributed by atoms with Crippen LogP contribution in [0.15, 0.2) is 54.6 Å². The Morgan fingerprint density at radius 1 is 0.971 bits per heavy atom. The number of aliphatic hydroxyl groups excluding tert-OH is 1. The zero-order valence-electron chi connectivity index (χ0n) is 20.8. The van der Waals surface area contributed by atoms with Crippen molar-refractivity contribution < 1.29 is 9.84 Å². The number of piperazine rings is 1. The number of β-amino-alcohol motifs (C(OH)–C–C–N with tert-alkyl or cyclic N) is 1. The van der Waals surface area contributed by atoms with Crippen molar-refractivity contribution in [3.8, 4) is 11.4 Å². The highest BCUT2D eigenvalue weighted by atomic mass is 35.5. The monoisotopic (exact) mass is 494 g/mol. The van der Waals surface area contributed by atoms with E-state index in [4.69, 9.17) is 26.3 Å². The van der Waals surface area contributed by atoms with Gasteiger partial charge >= 0.3 is 0 Å². The van der Waals surface area contributed by atoms with Crippen LogP contribution in [0.5, 0.6) is 0 Å². The maximum Gasteiger partial charge on any atom is 0.161 e. The number of aliphatic hydroxyl groups is 1. The minimum atomic E-state index is -0.476. The second-order valence-electron chi connectivity index (χ2n) is 9.43. The predicted octanol–water partition coefficient (Wildman–Crippen LogP) is 4.60. The first-order chi connectivity index (χ1) is 16.9. The minimum absolute atomic E-state index is 0.125. The lowest BCUT2D eigenvalue weighted by molar-refractivity contribution is -0.00901. The fourth-order valence-corrected chi connectivity index (χ4v) is 4.49. The van der Waals surface area contributed by atoms with Gasteiger partial charge in [0.05, 0.1) is 18.8 Å². The Morgan fingerprint density at radius 2 is 1.66 bits per heavy atom. The van der Waals surface area contributed by atoms with Crippen molar-refractivity contribution in [2.24, 2.45) is 0 Å². The molecule has 2 aromatic carbocycles. The first kappa shape index (κ1) is 25.6. The molecule has 1 atom stereocenters. The molecule has 186 valence electrons. The number of halogens is 1. The summed E-state index contributed by atoms with van der Waals surface area (Å²) >= 11 is 6.11. The van der Waals surface area contributed by atoms with Gasteiger partial charge in [0.25, 0.3) is 0 Å². The van der Waals surface area contributed by atoms with Gasteiger partial charge in [0, 0.05) is 61.0 Å². The molecule has 0 bridgehead atoms. The van der Waals surface area contributed by atoms with E-state index in [1.54, 1.807) is 0 Å². The first-order valence-electron chi connectivity index (χ1n) is 12.3. The first-order valence-corrected chi connectivity index (χ1v) is 12.7. The Kier molecular flexibility index (Phi) is 8.74. The second kappa shape index (κ2) is 12.0. The molecule has 0 spiro atoms. The molecule has 0 saturated carbocycles. The van der Waals surface area contributed by atoms with E-state index in [2.05, 4.69) is 41.0 Å². The van der Waals surface area contributed by atoms with Gasteiger partial charge in [-0.1, -0.05) is 54.1 Å². The van der Waals surface area contributed by atoms with Crippen LogP contribution in [0.4, 0.5) is 5.82 Å². The Hall–Kier alpha value is -2.51. The fraction of sp³-hybridized carbons (Fsp3) is 0.429. The van der Waals surface area contributed by atoms with Crippen LogP contribution in [0.1, 0.15) is 30.7 Å². The Labute approximate surface area is 213 Å². The summed E-state index contributed by atoms with van der Waals surface area (Å²) in [6.45, 7) is 10.5. The highest BCUT2D eigenvalue weighted by Gasteiger charge is 2.24. The standard InChI is InChI=1S/C28H35ClN4O2/c1-20(2)35-19-25(34)18-32-13-15-33(16-14-32)28-26(17-22-9-11-24(29)12-10-22)21(3)30-27(31-28)23-7-5-4-6-8-23/h4-12,20,25,34H,13-19H2,1-3H3/t25-/m1/s1. The molecule has 0 amide bonds. The molecule has 0 unspecified atom stereocenters. The summed E-state index contributed by atoms with van der Waals surface area (Å²) in [5, 5.41) is 11.1. The lowest BCUT2D eigenvalue weighted by atomic mass is 10.0. The van der Waals surface area contributed by atoms with E-state index in [9.17, 15) is 5.11 Å². The average Bonchev–Trinajstić information content (AvgIpc) is 2.86. The molecule has 7 heteroatoms. The number of aryl methyl sites for hydroxylation is 1. The van der Waals surface area contributed by atoms with E-state index in [1.165, 1.54) is 5.56 Å². The van der Waals surface area contributed by atoms with Crippen LogP contribution in [-0.2, 0) is 11.2 Å². The highest BCUT2D eigenvalue weighted by molar-refractivity contribution is 6.30. The van der Waals surface area contributed by atoms with Crippen LogP contribution in [0.2, 0.25) is 5.02 Å².